The molecule has 3 aromatic rings. The largest absolute Gasteiger partial charge is 0.454 e. The van der Waals surface area contributed by atoms with Crippen molar-refractivity contribution in [2.45, 2.75) is 39.7 Å². The van der Waals surface area contributed by atoms with E-state index < -0.39 is 5.97 Å². The zero-order chi connectivity index (χ0) is 20.5. The van der Waals surface area contributed by atoms with Gasteiger partial charge >= 0.3 is 5.97 Å². The number of nitrogens with zero attached hydrogens (tertiary/aromatic N) is 3. The Morgan fingerprint density at radius 2 is 2.03 bits per heavy atom. The van der Waals surface area contributed by atoms with E-state index in [9.17, 15) is 9.59 Å². The summed E-state index contributed by atoms with van der Waals surface area (Å²) >= 11 is 0. The highest BCUT2D eigenvalue weighted by Gasteiger charge is 2.22. The van der Waals surface area contributed by atoms with Gasteiger partial charge < -0.3 is 14.6 Å². The van der Waals surface area contributed by atoms with Crippen molar-refractivity contribution in [2.24, 2.45) is 0 Å². The summed E-state index contributed by atoms with van der Waals surface area (Å²) in [7, 11) is 0. The van der Waals surface area contributed by atoms with Crippen molar-refractivity contribution in [1.82, 2.24) is 14.7 Å². The lowest BCUT2D eigenvalue weighted by Gasteiger charge is -2.07. The van der Waals surface area contributed by atoms with Crippen LogP contribution in [0.15, 0.2) is 35.0 Å². The Balaban J connectivity index is 1.41. The van der Waals surface area contributed by atoms with Crippen LogP contribution in [0, 0.1) is 20.8 Å². The third-order valence-corrected chi connectivity index (χ3v) is 4.84. The van der Waals surface area contributed by atoms with Crippen LogP contribution in [0.1, 0.15) is 50.7 Å². The standard InChI is InChI=1S/C21H22N4O4/c1-12-8-17(14(3)25(12)20-9-13(2)29-24-20)18(26)11-28-21(27)15-4-7-19(22-10-15)23-16-5-6-16/h4,7-10,16H,5-6,11H2,1-3H3,(H,22,23). The average molecular weight is 394 g/mol. The third kappa shape index (κ3) is 4.06. The molecule has 0 bridgehead atoms. The second-order valence-electron chi connectivity index (χ2n) is 7.27. The van der Waals surface area contributed by atoms with Crippen molar-refractivity contribution in [3.05, 3.63) is 58.7 Å². The molecule has 1 saturated carbocycles. The Bertz CT molecular complexity index is 1060. The Morgan fingerprint density at radius 3 is 2.66 bits per heavy atom. The van der Waals surface area contributed by atoms with Crippen LogP contribution in [0.4, 0.5) is 5.82 Å². The van der Waals surface area contributed by atoms with Gasteiger partial charge in [0.05, 0.1) is 5.56 Å². The molecule has 1 N–H and O–H groups in total. The van der Waals surface area contributed by atoms with Crippen LogP contribution < -0.4 is 5.32 Å². The number of Topliss-reactive ketones (excluding diaryl/α,β-unsaturated/α-hetero) is 1. The fourth-order valence-corrected chi connectivity index (χ4v) is 3.19. The number of ether oxygens (including phenoxy) is 1. The SMILES string of the molecule is Cc1cc(-n2c(C)cc(C(=O)COC(=O)c3ccc(NC4CC4)nc3)c2C)no1. The zero-order valence-electron chi connectivity index (χ0n) is 16.6. The molecule has 150 valence electrons. The van der Waals surface area contributed by atoms with Crippen molar-refractivity contribution in [3.63, 3.8) is 0 Å². The maximum absolute atomic E-state index is 12.6. The van der Waals surface area contributed by atoms with Crippen LogP contribution in [0.2, 0.25) is 0 Å². The molecule has 8 heteroatoms. The van der Waals surface area contributed by atoms with Gasteiger partial charge in [0.1, 0.15) is 11.6 Å². The molecule has 3 heterocycles. The molecule has 8 nitrogen and oxygen atoms in total. The molecule has 0 unspecified atom stereocenters. The topological polar surface area (TPSA) is 99.2 Å². The van der Waals surface area contributed by atoms with Gasteiger partial charge in [-0.1, -0.05) is 5.16 Å². The number of rotatable bonds is 7. The molecule has 0 aromatic carbocycles. The molecule has 1 fully saturated rings. The van der Waals surface area contributed by atoms with Gasteiger partial charge in [0.15, 0.2) is 12.4 Å². The number of aromatic nitrogens is 3. The quantitative estimate of drug-likeness (QED) is 0.484. The summed E-state index contributed by atoms with van der Waals surface area (Å²) in [6, 6.07) is 7.42. The van der Waals surface area contributed by atoms with Crippen LogP contribution in [0.5, 0.6) is 0 Å². The summed E-state index contributed by atoms with van der Waals surface area (Å²) in [6.07, 6.45) is 3.74. The van der Waals surface area contributed by atoms with Gasteiger partial charge in [-0.05, 0) is 51.8 Å². The number of esters is 1. The average Bonchev–Trinajstić information content (AvgIpc) is 3.34. The fourth-order valence-electron chi connectivity index (χ4n) is 3.19. The number of hydrogen-bond acceptors (Lipinski definition) is 7. The van der Waals surface area contributed by atoms with Crippen molar-refractivity contribution < 1.29 is 18.8 Å². The first kappa shape index (κ1) is 18.9. The predicted molar refractivity (Wildman–Crippen MR) is 106 cm³/mol. The van der Waals surface area contributed by atoms with Crippen LogP contribution in [0.25, 0.3) is 5.82 Å². The lowest BCUT2D eigenvalue weighted by molar-refractivity contribution is 0.0474. The van der Waals surface area contributed by atoms with E-state index in [1.807, 2.05) is 18.4 Å². The summed E-state index contributed by atoms with van der Waals surface area (Å²) < 4.78 is 12.2. The summed E-state index contributed by atoms with van der Waals surface area (Å²) in [5, 5.41) is 7.25. The summed E-state index contributed by atoms with van der Waals surface area (Å²) in [5.74, 6) is 1.17. The summed E-state index contributed by atoms with van der Waals surface area (Å²) in [5.41, 5.74) is 2.35. The van der Waals surface area contributed by atoms with Crippen molar-refractivity contribution in [3.8, 4) is 5.82 Å². The van der Waals surface area contributed by atoms with Crippen LogP contribution in [-0.2, 0) is 4.74 Å². The summed E-state index contributed by atoms with van der Waals surface area (Å²) in [4.78, 5) is 29.1. The minimum atomic E-state index is -0.579. The van der Waals surface area contributed by atoms with Gasteiger partial charge in [-0.15, -0.1) is 0 Å². The molecule has 3 aromatic heterocycles. The Morgan fingerprint density at radius 1 is 1.24 bits per heavy atom. The monoisotopic (exact) mass is 394 g/mol. The summed E-state index contributed by atoms with van der Waals surface area (Å²) in [6.45, 7) is 5.16. The van der Waals surface area contributed by atoms with Crippen molar-refractivity contribution in [2.75, 3.05) is 11.9 Å². The van der Waals surface area contributed by atoms with E-state index in [0.29, 0.717) is 34.4 Å². The van der Waals surface area contributed by atoms with E-state index in [-0.39, 0.29) is 12.4 Å². The molecule has 0 spiro atoms. The number of ketones is 1. The Hall–Kier alpha value is -3.42. The van der Waals surface area contributed by atoms with Gasteiger partial charge in [-0.3, -0.25) is 9.36 Å². The first-order chi connectivity index (χ1) is 13.9. The van der Waals surface area contributed by atoms with E-state index in [4.69, 9.17) is 9.26 Å². The molecule has 4 rings (SSSR count). The second-order valence-corrected chi connectivity index (χ2v) is 7.27. The number of carbonyl (C=O) groups excluding carboxylic acids is 2. The van der Waals surface area contributed by atoms with Gasteiger partial charge in [0.25, 0.3) is 0 Å². The van der Waals surface area contributed by atoms with E-state index in [1.165, 1.54) is 6.20 Å². The van der Waals surface area contributed by atoms with E-state index >= 15 is 0 Å². The fraction of sp³-hybridized carbons (Fsp3) is 0.333. The first-order valence-electron chi connectivity index (χ1n) is 9.48. The third-order valence-electron chi connectivity index (χ3n) is 4.84. The number of nitrogens with one attached hydrogen (secondary N) is 1. The van der Waals surface area contributed by atoms with Crippen molar-refractivity contribution in [1.29, 1.82) is 0 Å². The molecule has 0 saturated heterocycles. The molecule has 29 heavy (non-hydrogen) atoms. The number of hydrogen-bond donors (Lipinski definition) is 1. The molecular formula is C21H22N4O4. The zero-order valence-corrected chi connectivity index (χ0v) is 16.6. The van der Waals surface area contributed by atoms with Gasteiger partial charge in [-0.25, -0.2) is 9.78 Å². The highest BCUT2D eigenvalue weighted by atomic mass is 16.5. The maximum atomic E-state index is 12.6. The van der Waals surface area contributed by atoms with Gasteiger partial charge in [0, 0.05) is 35.3 Å². The first-order valence-corrected chi connectivity index (χ1v) is 9.48. The highest BCUT2D eigenvalue weighted by Crippen LogP contribution is 2.24. The molecule has 0 aliphatic heterocycles. The number of anilines is 1. The van der Waals surface area contributed by atoms with Crippen LogP contribution >= 0.6 is 0 Å². The normalized spacial score (nSPS) is 13.3. The molecule has 0 amide bonds. The smallest absolute Gasteiger partial charge is 0.340 e. The Labute approximate surface area is 167 Å². The number of pyridine rings is 1. The molecule has 0 radical (unpaired) electrons. The van der Waals surface area contributed by atoms with Gasteiger partial charge in [-0.2, -0.15) is 0 Å². The lowest BCUT2D eigenvalue weighted by atomic mass is 10.1. The molecule has 1 aliphatic rings. The van der Waals surface area contributed by atoms with Crippen LogP contribution in [-0.4, -0.2) is 39.1 Å². The van der Waals surface area contributed by atoms with Gasteiger partial charge in [0.2, 0.25) is 5.78 Å². The minimum absolute atomic E-state index is 0.280. The minimum Gasteiger partial charge on any atom is -0.454 e. The van der Waals surface area contributed by atoms with Crippen LogP contribution in [0.3, 0.4) is 0 Å². The highest BCUT2D eigenvalue weighted by molar-refractivity contribution is 6.00. The molecular weight excluding hydrogens is 372 g/mol. The lowest BCUT2D eigenvalue weighted by Crippen LogP contribution is -2.15. The molecule has 1 aliphatic carbocycles. The second kappa shape index (κ2) is 7.54. The molecule has 0 atom stereocenters. The predicted octanol–water partition coefficient (Wildman–Crippen LogP) is 3.40. The maximum Gasteiger partial charge on any atom is 0.340 e. The van der Waals surface area contributed by atoms with E-state index in [1.54, 1.807) is 31.2 Å². The number of aryl methyl sites for hydroxylation is 2. The number of carbonyl (C=O) groups is 2. The van der Waals surface area contributed by atoms with E-state index in [0.717, 1.165) is 24.4 Å². The van der Waals surface area contributed by atoms with Crippen molar-refractivity contribution >= 4 is 17.6 Å². The van der Waals surface area contributed by atoms with E-state index in [2.05, 4.69) is 15.5 Å². The Kier molecular flexibility index (Phi) is 4.92.